The van der Waals surface area contributed by atoms with Crippen molar-refractivity contribution >= 4 is 15.9 Å². The van der Waals surface area contributed by atoms with E-state index in [2.05, 4.69) is 102 Å². The highest BCUT2D eigenvalue weighted by Crippen LogP contribution is 2.39. The van der Waals surface area contributed by atoms with Gasteiger partial charge in [0.05, 0.1) is 6.04 Å². The average molecular weight is 396 g/mol. The number of rotatable bonds is 6. The van der Waals surface area contributed by atoms with Crippen LogP contribution >= 0.6 is 15.9 Å². The van der Waals surface area contributed by atoms with Crippen molar-refractivity contribution in [2.45, 2.75) is 26.3 Å². The zero-order valence-electron chi connectivity index (χ0n) is 15.1. The van der Waals surface area contributed by atoms with Gasteiger partial charge in [-0.15, -0.1) is 0 Å². The molecule has 2 aromatic rings. The van der Waals surface area contributed by atoms with Crippen molar-refractivity contribution in [3.63, 3.8) is 0 Å². The summed E-state index contributed by atoms with van der Waals surface area (Å²) in [5, 5.41) is 0. The van der Waals surface area contributed by atoms with Crippen LogP contribution < -0.4 is 0 Å². The van der Waals surface area contributed by atoms with Crippen LogP contribution in [0.4, 0.5) is 0 Å². The molecule has 0 aromatic heterocycles. The number of hydrogen-bond acceptors (Lipinski definition) is 1. The Hall–Kier alpha value is -1.64. The number of benzene rings is 2. The Morgan fingerprint density at radius 3 is 1.92 bits per heavy atom. The summed E-state index contributed by atoms with van der Waals surface area (Å²) in [6, 6.07) is 22.0. The molecule has 0 N–H and O–H groups in total. The molecule has 1 nitrogen and oxygen atoms in total. The first kappa shape index (κ1) is 18.2. The third-order valence-corrected chi connectivity index (χ3v) is 5.63. The summed E-state index contributed by atoms with van der Waals surface area (Å²) in [7, 11) is 0. The number of halogens is 1. The molecule has 0 saturated carbocycles. The van der Waals surface area contributed by atoms with Crippen molar-refractivity contribution in [2.24, 2.45) is 5.92 Å². The van der Waals surface area contributed by atoms with E-state index in [1.165, 1.54) is 26.8 Å². The van der Waals surface area contributed by atoms with E-state index in [0.29, 0.717) is 12.0 Å². The predicted octanol–water partition coefficient (Wildman–Crippen LogP) is 6.34. The predicted molar refractivity (Wildman–Crippen MR) is 111 cm³/mol. The molecule has 25 heavy (non-hydrogen) atoms. The van der Waals surface area contributed by atoms with Gasteiger partial charge in [0.1, 0.15) is 0 Å². The molecule has 0 amide bonds. The van der Waals surface area contributed by atoms with Gasteiger partial charge in [-0.3, -0.25) is 4.90 Å². The summed E-state index contributed by atoms with van der Waals surface area (Å²) in [4.78, 5) is 2.57. The second-order valence-corrected chi connectivity index (χ2v) is 7.96. The summed E-state index contributed by atoms with van der Waals surface area (Å²) in [5.41, 5.74) is 5.40. The first-order valence-corrected chi connectivity index (χ1v) is 9.79. The van der Waals surface area contributed by atoms with Gasteiger partial charge in [-0.25, -0.2) is 0 Å². The highest BCUT2D eigenvalue weighted by atomic mass is 79.9. The second kappa shape index (κ2) is 8.16. The maximum absolute atomic E-state index is 4.39. The Morgan fingerprint density at radius 2 is 1.52 bits per heavy atom. The van der Waals surface area contributed by atoms with Gasteiger partial charge in [-0.05, 0) is 40.1 Å². The summed E-state index contributed by atoms with van der Waals surface area (Å²) in [6.45, 7) is 10.9. The Bertz CT molecular complexity index is 699. The molecule has 0 bridgehead atoms. The number of likely N-dealkylation sites (tertiary alicyclic amines) is 1. The molecular weight excluding hydrogens is 370 g/mol. The molecule has 1 aliphatic heterocycles. The van der Waals surface area contributed by atoms with E-state index >= 15 is 0 Å². The minimum absolute atomic E-state index is 0.325. The normalized spacial score (nSPS) is 16.5. The number of hydrogen-bond donors (Lipinski definition) is 0. The van der Waals surface area contributed by atoms with Crippen LogP contribution in [0.25, 0.3) is 0 Å². The largest absolute Gasteiger partial charge is 0.291 e. The third kappa shape index (κ3) is 3.96. The molecule has 2 aromatic carbocycles. The van der Waals surface area contributed by atoms with Crippen molar-refractivity contribution in [2.75, 3.05) is 13.1 Å². The fraction of sp³-hybridized carbons (Fsp3) is 0.304. The van der Waals surface area contributed by atoms with E-state index in [-0.39, 0.29) is 0 Å². The monoisotopic (exact) mass is 395 g/mol. The third-order valence-electron chi connectivity index (χ3n) is 5.16. The molecule has 1 heterocycles. The number of nitrogens with zero attached hydrogens (tertiary/aromatic N) is 1. The zero-order valence-corrected chi connectivity index (χ0v) is 16.7. The van der Waals surface area contributed by atoms with Gasteiger partial charge in [0, 0.05) is 19.0 Å². The lowest BCUT2D eigenvalue weighted by molar-refractivity contribution is 0.0901. The fourth-order valence-electron chi connectivity index (χ4n) is 3.77. The Balaban J connectivity index is 1.80. The van der Waals surface area contributed by atoms with E-state index < -0.39 is 0 Å². The molecule has 0 radical (unpaired) electrons. The Kier molecular flexibility index (Phi) is 5.93. The summed E-state index contributed by atoms with van der Waals surface area (Å²) in [6.07, 6.45) is 1.03. The van der Waals surface area contributed by atoms with Crippen LogP contribution in [0.5, 0.6) is 0 Å². The molecule has 1 fully saturated rings. The molecular formula is C23H26BrN. The van der Waals surface area contributed by atoms with Crippen LogP contribution in [0.15, 0.2) is 82.9 Å². The van der Waals surface area contributed by atoms with Gasteiger partial charge >= 0.3 is 0 Å². The van der Waals surface area contributed by atoms with Gasteiger partial charge in [0.15, 0.2) is 0 Å². The summed E-state index contributed by atoms with van der Waals surface area (Å²) < 4.78 is 1.22. The van der Waals surface area contributed by atoms with Crippen LogP contribution in [0.3, 0.4) is 0 Å². The van der Waals surface area contributed by atoms with Crippen LogP contribution in [0.1, 0.15) is 37.4 Å². The maximum atomic E-state index is 4.39. The molecule has 1 aliphatic rings. The van der Waals surface area contributed by atoms with Crippen LogP contribution in [0, 0.1) is 5.92 Å². The van der Waals surface area contributed by atoms with Gasteiger partial charge < -0.3 is 0 Å². The topological polar surface area (TPSA) is 3.24 Å². The quantitative estimate of drug-likeness (QED) is 0.515. The lowest BCUT2D eigenvalue weighted by Crippen LogP contribution is -2.49. The maximum Gasteiger partial charge on any atom is 0.0602 e. The molecule has 2 heteroatoms. The minimum atomic E-state index is 0.325. The number of allylic oxidation sites excluding steroid dienone is 2. The Labute approximate surface area is 160 Å². The Morgan fingerprint density at radius 1 is 1.04 bits per heavy atom. The van der Waals surface area contributed by atoms with E-state index in [1.807, 2.05) is 0 Å². The molecule has 130 valence electrons. The smallest absolute Gasteiger partial charge is 0.0602 e. The highest BCUT2D eigenvalue weighted by Gasteiger charge is 2.35. The molecule has 1 saturated heterocycles. The van der Waals surface area contributed by atoms with Crippen LogP contribution in [-0.4, -0.2) is 18.0 Å². The van der Waals surface area contributed by atoms with E-state index in [0.717, 1.165) is 19.5 Å². The van der Waals surface area contributed by atoms with Gasteiger partial charge in [-0.1, -0.05) is 90.1 Å². The van der Waals surface area contributed by atoms with E-state index in [1.54, 1.807) is 0 Å². The average Bonchev–Trinajstić information content (AvgIpc) is 2.59. The van der Waals surface area contributed by atoms with Crippen molar-refractivity contribution in [1.29, 1.82) is 0 Å². The lowest BCUT2D eigenvalue weighted by atomic mass is 9.83. The SMILES string of the molecule is C=C(/C(CC)=C(/C)Br)C1CN(C(c2ccccc2)c2ccccc2)C1. The molecule has 0 unspecified atom stereocenters. The first-order valence-electron chi connectivity index (χ1n) is 9.00. The van der Waals surface area contributed by atoms with E-state index in [4.69, 9.17) is 0 Å². The van der Waals surface area contributed by atoms with Crippen LogP contribution in [0.2, 0.25) is 0 Å². The standard InChI is InChI=1S/C23H26BrN/c1-4-22(18(3)24)17(2)21-15-25(16-21)23(19-11-7-5-8-12-19)20-13-9-6-10-14-20/h5-14,21,23H,2,4,15-16H2,1,3H3/b22-18-. The molecule has 0 aliphatic carbocycles. The van der Waals surface area contributed by atoms with Crippen molar-refractivity contribution in [1.82, 2.24) is 4.90 Å². The fourth-order valence-corrected chi connectivity index (χ4v) is 4.30. The lowest BCUT2D eigenvalue weighted by Gasteiger charge is -2.46. The van der Waals surface area contributed by atoms with Crippen molar-refractivity contribution in [3.05, 3.63) is 94.0 Å². The van der Waals surface area contributed by atoms with Gasteiger partial charge in [-0.2, -0.15) is 0 Å². The van der Waals surface area contributed by atoms with Crippen molar-refractivity contribution in [3.8, 4) is 0 Å². The zero-order chi connectivity index (χ0) is 17.8. The minimum Gasteiger partial charge on any atom is -0.291 e. The highest BCUT2D eigenvalue weighted by molar-refractivity contribution is 9.11. The van der Waals surface area contributed by atoms with Crippen molar-refractivity contribution < 1.29 is 0 Å². The molecule has 0 spiro atoms. The van der Waals surface area contributed by atoms with Crippen LogP contribution in [-0.2, 0) is 0 Å². The van der Waals surface area contributed by atoms with Gasteiger partial charge in [0.2, 0.25) is 0 Å². The van der Waals surface area contributed by atoms with E-state index in [9.17, 15) is 0 Å². The second-order valence-electron chi connectivity index (χ2n) is 6.77. The summed E-state index contributed by atoms with van der Waals surface area (Å²) in [5.74, 6) is 0.553. The molecule has 3 rings (SSSR count). The van der Waals surface area contributed by atoms with Gasteiger partial charge in [0.25, 0.3) is 0 Å². The first-order chi connectivity index (χ1) is 12.1. The summed E-state index contributed by atoms with van der Waals surface area (Å²) >= 11 is 3.65. The molecule has 0 atom stereocenters.